The Balaban J connectivity index is 1.60. The van der Waals surface area contributed by atoms with Gasteiger partial charge in [-0.05, 0) is 46.6 Å². The van der Waals surface area contributed by atoms with E-state index < -0.39 is 0 Å². The lowest BCUT2D eigenvalue weighted by Gasteiger charge is -2.09. The molecule has 2 N–H and O–H groups in total. The van der Waals surface area contributed by atoms with Crippen LogP contribution in [0.15, 0.2) is 59.1 Å². The lowest BCUT2D eigenvalue weighted by molar-refractivity contribution is -0.124. The van der Waals surface area contributed by atoms with E-state index in [-0.39, 0.29) is 18.4 Å². The summed E-state index contributed by atoms with van der Waals surface area (Å²) in [6.45, 7) is 0.403. The summed E-state index contributed by atoms with van der Waals surface area (Å²) >= 11 is 3.35. The van der Waals surface area contributed by atoms with Crippen LogP contribution in [-0.2, 0) is 9.59 Å². The molecule has 2 aromatic rings. The molecule has 0 radical (unpaired) electrons. The van der Waals surface area contributed by atoms with Gasteiger partial charge < -0.3 is 15.4 Å². The Morgan fingerprint density at radius 2 is 1.67 bits per heavy atom. The Bertz CT molecular complexity index is 677. The fourth-order valence-electron chi connectivity index (χ4n) is 1.96. The maximum atomic E-state index is 11.8. The second-order valence-corrected chi connectivity index (χ2v) is 5.92. The first-order chi connectivity index (χ1) is 11.6. The molecule has 0 fully saturated rings. The summed E-state index contributed by atoms with van der Waals surface area (Å²) in [5.41, 5.74) is 0.674. The van der Waals surface area contributed by atoms with Gasteiger partial charge in [-0.15, -0.1) is 0 Å². The fraction of sp³-hybridized carbons (Fsp3) is 0.222. The summed E-state index contributed by atoms with van der Waals surface area (Å²) in [4.78, 5) is 23.5. The maximum absolute atomic E-state index is 11.8. The number of halogens is 1. The molecule has 0 spiro atoms. The van der Waals surface area contributed by atoms with Crippen molar-refractivity contribution < 1.29 is 14.3 Å². The molecule has 0 aromatic heterocycles. The highest BCUT2D eigenvalue weighted by atomic mass is 79.9. The van der Waals surface area contributed by atoms with Gasteiger partial charge >= 0.3 is 0 Å². The van der Waals surface area contributed by atoms with Crippen LogP contribution in [0.4, 0.5) is 5.69 Å². The van der Waals surface area contributed by atoms with E-state index in [1.807, 2.05) is 48.5 Å². The summed E-state index contributed by atoms with van der Waals surface area (Å²) in [7, 11) is 0. The van der Waals surface area contributed by atoms with Gasteiger partial charge in [0, 0.05) is 10.9 Å². The van der Waals surface area contributed by atoms with Crippen LogP contribution in [0, 0.1) is 0 Å². The second kappa shape index (κ2) is 9.72. The summed E-state index contributed by atoms with van der Waals surface area (Å²) in [5, 5.41) is 5.33. The van der Waals surface area contributed by atoms with Gasteiger partial charge in [0.15, 0.2) is 0 Å². The molecule has 5 nitrogen and oxygen atoms in total. The summed E-state index contributed by atoms with van der Waals surface area (Å²) < 4.78 is 6.30. The Hall–Kier alpha value is -2.34. The second-order valence-electron chi connectivity index (χ2n) is 5.07. The number of benzene rings is 2. The normalized spacial score (nSPS) is 10.0. The van der Waals surface area contributed by atoms with E-state index in [4.69, 9.17) is 4.74 Å². The predicted octanol–water partition coefficient (Wildman–Crippen LogP) is 3.36. The number of rotatable bonds is 8. The van der Waals surface area contributed by atoms with Crippen LogP contribution < -0.4 is 15.4 Å². The van der Waals surface area contributed by atoms with E-state index in [0.29, 0.717) is 25.1 Å². The number of hydrogen-bond donors (Lipinski definition) is 2. The Morgan fingerprint density at radius 1 is 0.958 bits per heavy atom. The standard InChI is InChI=1S/C18H19BrN2O3/c19-15-9-4-5-10-16(15)21-18(23)13-20-17(22)11-6-12-24-14-7-2-1-3-8-14/h1-5,7-10H,6,11-13H2,(H,20,22)(H,21,23). The Morgan fingerprint density at radius 3 is 2.42 bits per heavy atom. The van der Waals surface area contributed by atoms with Crippen molar-refractivity contribution in [2.75, 3.05) is 18.5 Å². The molecule has 0 bridgehead atoms. The van der Waals surface area contributed by atoms with Crippen molar-refractivity contribution in [3.05, 3.63) is 59.1 Å². The van der Waals surface area contributed by atoms with Crippen LogP contribution in [0.25, 0.3) is 0 Å². The molecule has 2 rings (SSSR count). The highest BCUT2D eigenvalue weighted by Crippen LogP contribution is 2.20. The minimum atomic E-state index is -0.268. The molecule has 0 unspecified atom stereocenters. The molecule has 0 saturated carbocycles. The monoisotopic (exact) mass is 390 g/mol. The van der Waals surface area contributed by atoms with Crippen LogP contribution in [0.1, 0.15) is 12.8 Å². The van der Waals surface area contributed by atoms with E-state index >= 15 is 0 Å². The number of hydrogen-bond acceptors (Lipinski definition) is 3. The van der Waals surface area contributed by atoms with Crippen LogP contribution in [0.5, 0.6) is 5.75 Å². The molecule has 2 amide bonds. The molecule has 0 aliphatic heterocycles. The number of ether oxygens (including phenoxy) is 1. The molecule has 126 valence electrons. The lowest BCUT2D eigenvalue weighted by atomic mass is 10.3. The SMILES string of the molecule is O=C(CCCOc1ccccc1)NCC(=O)Nc1ccccc1Br. The average Bonchev–Trinajstić information content (AvgIpc) is 2.60. The smallest absolute Gasteiger partial charge is 0.243 e. The number of anilines is 1. The summed E-state index contributed by atoms with van der Waals surface area (Å²) in [6.07, 6.45) is 0.904. The molecule has 2 aromatic carbocycles. The highest BCUT2D eigenvalue weighted by molar-refractivity contribution is 9.10. The molecule has 24 heavy (non-hydrogen) atoms. The largest absolute Gasteiger partial charge is 0.494 e. The lowest BCUT2D eigenvalue weighted by Crippen LogP contribution is -2.32. The summed E-state index contributed by atoms with van der Waals surface area (Å²) in [6, 6.07) is 16.7. The van der Waals surface area contributed by atoms with Gasteiger partial charge in [-0.3, -0.25) is 9.59 Å². The molecular weight excluding hydrogens is 372 g/mol. The third kappa shape index (κ3) is 6.42. The molecule has 0 aliphatic rings. The number of amides is 2. The van der Waals surface area contributed by atoms with E-state index in [1.54, 1.807) is 6.07 Å². The van der Waals surface area contributed by atoms with E-state index in [2.05, 4.69) is 26.6 Å². The zero-order chi connectivity index (χ0) is 17.2. The van der Waals surface area contributed by atoms with Gasteiger partial charge in [-0.25, -0.2) is 0 Å². The minimum absolute atomic E-state index is 0.0558. The number of para-hydroxylation sites is 2. The number of nitrogens with one attached hydrogen (secondary N) is 2. The molecular formula is C18H19BrN2O3. The van der Waals surface area contributed by atoms with Gasteiger partial charge in [-0.1, -0.05) is 30.3 Å². The van der Waals surface area contributed by atoms with E-state index in [1.165, 1.54) is 0 Å². The maximum Gasteiger partial charge on any atom is 0.243 e. The van der Waals surface area contributed by atoms with Gasteiger partial charge in [0.1, 0.15) is 5.75 Å². The van der Waals surface area contributed by atoms with Gasteiger partial charge in [0.25, 0.3) is 0 Å². The van der Waals surface area contributed by atoms with Crippen molar-refractivity contribution >= 4 is 33.4 Å². The van der Waals surface area contributed by atoms with Crippen LogP contribution in [-0.4, -0.2) is 25.0 Å². The quantitative estimate of drug-likeness (QED) is 0.679. The average molecular weight is 391 g/mol. The molecule has 0 atom stereocenters. The highest BCUT2D eigenvalue weighted by Gasteiger charge is 2.07. The van der Waals surface area contributed by atoms with Gasteiger partial charge in [0.2, 0.25) is 11.8 Å². The third-order valence-corrected chi connectivity index (χ3v) is 3.85. The first kappa shape index (κ1) is 18.0. The predicted molar refractivity (Wildman–Crippen MR) is 97.0 cm³/mol. The van der Waals surface area contributed by atoms with Crippen molar-refractivity contribution in [1.82, 2.24) is 5.32 Å². The first-order valence-corrected chi connectivity index (χ1v) is 8.43. The van der Waals surface area contributed by atoms with Crippen molar-refractivity contribution in [2.24, 2.45) is 0 Å². The van der Waals surface area contributed by atoms with E-state index in [0.717, 1.165) is 10.2 Å². The Labute approximate surface area is 149 Å². The van der Waals surface area contributed by atoms with Crippen molar-refractivity contribution in [1.29, 1.82) is 0 Å². The van der Waals surface area contributed by atoms with Gasteiger partial charge in [0.05, 0.1) is 18.8 Å². The van der Waals surface area contributed by atoms with Crippen molar-refractivity contribution in [2.45, 2.75) is 12.8 Å². The van der Waals surface area contributed by atoms with Crippen LogP contribution in [0.3, 0.4) is 0 Å². The topological polar surface area (TPSA) is 67.4 Å². The molecule has 6 heteroatoms. The van der Waals surface area contributed by atoms with Crippen LogP contribution >= 0.6 is 15.9 Å². The molecule has 0 aliphatic carbocycles. The Kier molecular flexibility index (Phi) is 7.29. The van der Waals surface area contributed by atoms with Crippen molar-refractivity contribution in [3.8, 4) is 5.75 Å². The minimum Gasteiger partial charge on any atom is -0.494 e. The number of carbonyl (C=O) groups is 2. The molecule has 0 saturated heterocycles. The van der Waals surface area contributed by atoms with Gasteiger partial charge in [-0.2, -0.15) is 0 Å². The van der Waals surface area contributed by atoms with E-state index in [9.17, 15) is 9.59 Å². The van der Waals surface area contributed by atoms with Crippen LogP contribution in [0.2, 0.25) is 0 Å². The first-order valence-electron chi connectivity index (χ1n) is 7.64. The number of carbonyl (C=O) groups excluding carboxylic acids is 2. The molecule has 0 heterocycles. The fourth-order valence-corrected chi connectivity index (χ4v) is 2.35. The third-order valence-electron chi connectivity index (χ3n) is 3.15. The summed E-state index contributed by atoms with van der Waals surface area (Å²) in [5.74, 6) is 0.343. The zero-order valence-electron chi connectivity index (χ0n) is 13.1. The zero-order valence-corrected chi connectivity index (χ0v) is 14.7. The van der Waals surface area contributed by atoms with Crippen molar-refractivity contribution in [3.63, 3.8) is 0 Å².